The van der Waals surface area contributed by atoms with E-state index in [0.717, 1.165) is 10.9 Å². The Bertz CT molecular complexity index is 379. The van der Waals surface area contributed by atoms with Gasteiger partial charge in [-0.3, -0.25) is 0 Å². The van der Waals surface area contributed by atoms with Crippen molar-refractivity contribution >= 4 is 15.9 Å². The molecule has 18 heavy (non-hydrogen) atoms. The Labute approximate surface area is 119 Å². The molecule has 0 aliphatic heterocycles. The molecule has 0 radical (unpaired) electrons. The summed E-state index contributed by atoms with van der Waals surface area (Å²) in [6.45, 7) is 8.64. The molecule has 102 valence electrons. The van der Waals surface area contributed by atoms with E-state index in [2.05, 4.69) is 67.1 Å². The van der Waals surface area contributed by atoms with Gasteiger partial charge in [0, 0.05) is 23.7 Å². The second kappa shape index (κ2) is 6.69. The average Bonchev–Trinajstić information content (AvgIpc) is 2.28. The van der Waals surface area contributed by atoms with E-state index in [9.17, 15) is 0 Å². The van der Waals surface area contributed by atoms with Crippen molar-refractivity contribution in [2.45, 2.75) is 51.8 Å². The number of ether oxygens (including phenoxy) is 1. The van der Waals surface area contributed by atoms with Gasteiger partial charge < -0.3 is 10.1 Å². The molecule has 1 rings (SSSR count). The Morgan fingerprint density at radius 2 is 2.00 bits per heavy atom. The Hall–Kier alpha value is -0.380. The Kier molecular flexibility index (Phi) is 5.83. The lowest BCUT2D eigenvalue weighted by molar-refractivity contribution is 0.00782. The first-order chi connectivity index (χ1) is 8.34. The number of hydrogen-bond donors (Lipinski definition) is 1. The van der Waals surface area contributed by atoms with E-state index in [1.54, 1.807) is 7.11 Å². The summed E-state index contributed by atoms with van der Waals surface area (Å²) in [7, 11) is 1.77. The number of hydrogen-bond acceptors (Lipinski definition) is 2. The third-order valence-corrected chi connectivity index (χ3v) is 3.73. The zero-order valence-electron chi connectivity index (χ0n) is 12.0. The molecule has 3 heteroatoms. The van der Waals surface area contributed by atoms with Crippen LogP contribution in [0.5, 0.6) is 0 Å². The summed E-state index contributed by atoms with van der Waals surface area (Å²) in [5.41, 5.74) is 1.22. The summed E-state index contributed by atoms with van der Waals surface area (Å²) in [4.78, 5) is 0. The maximum absolute atomic E-state index is 5.47. The second-order valence-corrected chi connectivity index (χ2v) is 6.43. The van der Waals surface area contributed by atoms with Crippen molar-refractivity contribution in [1.82, 2.24) is 5.32 Å². The topological polar surface area (TPSA) is 21.3 Å². The first-order valence-electron chi connectivity index (χ1n) is 6.41. The molecule has 0 aromatic heterocycles. The summed E-state index contributed by atoms with van der Waals surface area (Å²) in [6, 6.07) is 9.18. The van der Waals surface area contributed by atoms with Crippen molar-refractivity contribution in [1.29, 1.82) is 0 Å². The van der Waals surface area contributed by atoms with Gasteiger partial charge in [-0.2, -0.15) is 0 Å². The van der Waals surface area contributed by atoms with Crippen molar-refractivity contribution in [3.8, 4) is 0 Å². The minimum Gasteiger partial charge on any atom is -0.379 e. The number of benzene rings is 1. The second-order valence-electron chi connectivity index (χ2n) is 5.51. The van der Waals surface area contributed by atoms with Crippen molar-refractivity contribution < 1.29 is 4.74 Å². The largest absolute Gasteiger partial charge is 0.379 e. The van der Waals surface area contributed by atoms with Crippen LogP contribution in [-0.4, -0.2) is 18.8 Å². The number of nitrogens with one attached hydrogen (secondary N) is 1. The lowest BCUT2D eigenvalue weighted by Crippen LogP contribution is -2.36. The predicted molar refractivity (Wildman–Crippen MR) is 80.9 cm³/mol. The van der Waals surface area contributed by atoms with Gasteiger partial charge in [-0.15, -0.1) is 0 Å². The van der Waals surface area contributed by atoms with Crippen LogP contribution in [0.15, 0.2) is 28.7 Å². The Morgan fingerprint density at radius 3 is 2.56 bits per heavy atom. The van der Waals surface area contributed by atoms with E-state index in [-0.39, 0.29) is 5.60 Å². The van der Waals surface area contributed by atoms with Gasteiger partial charge in [0.1, 0.15) is 0 Å². The lowest BCUT2D eigenvalue weighted by atomic mass is 9.98. The van der Waals surface area contributed by atoms with Gasteiger partial charge in [0.2, 0.25) is 0 Å². The van der Waals surface area contributed by atoms with Crippen LogP contribution >= 0.6 is 15.9 Å². The molecule has 0 aliphatic carbocycles. The summed E-state index contributed by atoms with van der Waals surface area (Å²) in [5.74, 6) is 0. The maximum Gasteiger partial charge on any atom is 0.0637 e. The van der Waals surface area contributed by atoms with Crippen LogP contribution in [0, 0.1) is 0 Å². The molecule has 0 bridgehead atoms. The van der Waals surface area contributed by atoms with Crippen LogP contribution in [0.1, 0.15) is 45.7 Å². The van der Waals surface area contributed by atoms with Gasteiger partial charge >= 0.3 is 0 Å². The van der Waals surface area contributed by atoms with Gasteiger partial charge in [-0.1, -0.05) is 28.1 Å². The molecule has 1 N–H and O–H groups in total. The predicted octanol–water partition coefficient (Wildman–Crippen LogP) is 4.30. The van der Waals surface area contributed by atoms with E-state index < -0.39 is 0 Å². The lowest BCUT2D eigenvalue weighted by Gasteiger charge is -2.29. The highest BCUT2D eigenvalue weighted by Gasteiger charge is 2.21. The van der Waals surface area contributed by atoms with Crippen LogP contribution in [0.3, 0.4) is 0 Å². The fraction of sp³-hybridized carbons (Fsp3) is 0.600. The third-order valence-electron chi connectivity index (χ3n) is 3.23. The number of methoxy groups -OCH3 is 1. The number of rotatable bonds is 6. The molecule has 1 aromatic carbocycles. The quantitative estimate of drug-likeness (QED) is 0.845. The van der Waals surface area contributed by atoms with Crippen molar-refractivity contribution in [2.75, 3.05) is 7.11 Å². The third kappa shape index (κ3) is 5.09. The van der Waals surface area contributed by atoms with Gasteiger partial charge in [0.15, 0.2) is 0 Å². The molecular formula is C15H24BrNO. The summed E-state index contributed by atoms with van der Waals surface area (Å²) in [6.07, 6.45) is 0.988. The molecule has 2 atom stereocenters. The first-order valence-corrected chi connectivity index (χ1v) is 7.20. The fourth-order valence-corrected chi connectivity index (χ4v) is 2.60. The highest BCUT2D eigenvalue weighted by atomic mass is 79.9. The number of halogens is 1. The van der Waals surface area contributed by atoms with Gasteiger partial charge in [0.25, 0.3) is 0 Å². The molecule has 0 heterocycles. The molecule has 0 amide bonds. The molecule has 0 saturated heterocycles. The van der Waals surface area contributed by atoms with E-state index in [4.69, 9.17) is 4.74 Å². The highest BCUT2D eigenvalue weighted by Crippen LogP contribution is 2.21. The Balaban J connectivity index is 2.57. The van der Waals surface area contributed by atoms with E-state index in [1.165, 1.54) is 5.56 Å². The van der Waals surface area contributed by atoms with Crippen LogP contribution in [0.2, 0.25) is 0 Å². The maximum atomic E-state index is 5.47. The normalized spacial score (nSPS) is 15.4. The Morgan fingerprint density at radius 1 is 1.33 bits per heavy atom. The standard InChI is InChI=1S/C15H24BrNO/c1-11(10-15(3,4)18-5)17-12(2)13-7-6-8-14(16)9-13/h6-9,11-12,17H,10H2,1-5H3/t11?,12-/m1/s1. The molecule has 1 unspecified atom stereocenters. The molecule has 0 aliphatic rings. The van der Waals surface area contributed by atoms with Crippen LogP contribution < -0.4 is 5.32 Å². The zero-order chi connectivity index (χ0) is 13.8. The van der Waals surface area contributed by atoms with Gasteiger partial charge in [-0.25, -0.2) is 0 Å². The van der Waals surface area contributed by atoms with Crippen LogP contribution in [0.4, 0.5) is 0 Å². The minimum absolute atomic E-state index is 0.0800. The SMILES string of the molecule is COC(C)(C)CC(C)N[C@H](C)c1cccc(Br)c1. The van der Waals surface area contributed by atoms with Crippen LogP contribution in [0.25, 0.3) is 0 Å². The minimum atomic E-state index is -0.0800. The van der Waals surface area contributed by atoms with Gasteiger partial charge in [-0.05, 0) is 51.8 Å². The molecule has 2 nitrogen and oxygen atoms in total. The van der Waals surface area contributed by atoms with Crippen molar-refractivity contribution in [3.63, 3.8) is 0 Å². The van der Waals surface area contributed by atoms with E-state index >= 15 is 0 Å². The monoisotopic (exact) mass is 313 g/mol. The summed E-state index contributed by atoms with van der Waals surface area (Å²) >= 11 is 3.51. The smallest absolute Gasteiger partial charge is 0.0637 e. The average molecular weight is 314 g/mol. The fourth-order valence-electron chi connectivity index (χ4n) is 2.18. The van der Waals surface area contributed by atoms with Crippen molar-refractivity contribution in [3.05, 3.63) is 34.3 Å². The van der Waals surface area contributed by atoms with E-state index in [0.29, 0.717) is 12.1 Å². The highest BCUT2D eigenvalue weighted by molar-refractivity contribution is 9.10. The van der Waals surface area contributed by atoms with Crippen molar-refractivity contribution in [2.24, 2.45) is 0 Å². The van der Waals surface area contributed by atoms with Gasteiger partial charge in [0.05, 0.1) is 5.60 Å². The molecule has 1 aromatic rings. The summed E-state index contributed by atoms with van der Waals surface area (Å²) in [5, 5.41) is 3.61. The molecule has 0 spiro atoms. The molecule has 0 fully saturated rings. The zero-order valence-corrected chi connectivity index (χ0v) is 13.5. The van der Waals surface area contributed by atoms with Crippen LogP contribution in [-0.2, 0) is 4.74 Å². The molecular weight excluding hydrogens is 290 g/mol. The first kappa shape index (κ1) is 15.7. The summed E-state index contributed by atoms with van der Waals surface area (Å²) < 4.78 is 6.59. The molecule has 0 saturated carbocycles. The van der Waals surface area contributed by atoms with E-state index in [1.807, 2.05) is 6.07 Å².